The molecule has 3 nitrogen and oxygen atoms in total. The van der Waals surface area contributed by atoms with E-state index < -0.39 is 0 Å². The van der Waals surface area contributed by atoms with Crippen LogP contribution >= 0.6 is 15.9 Å². The van der Waals surface area contributed by atoms with Crippen LogP contribution < -0.4 is 9.64 Å². The van der Waals surface area contributed by atoms with Crippen LogP contribution in [0, 0.1) is 5.92 Å². The Bertz CT molecular complexity index is 457. The Kier molecular flexibility index (Phi) is 3.43. The van der Waals surface area contributed by atoms with Gasteiger partial charge in [0.25, 0.3) is 5.91 Å². The van der Waals surface area contributed by atoms with Crippen molar-refractivity contribution in [1.29, 1.82) is 0 Å². The molecule has 1 amide bonds. The van der Waals surface area contributed by atoms with E-state index in [-0.39, 0.29) is 12.5 Å². The maximum atomic E-state index is 11.6. The lowest BCUT2D eigenvalue weighted by molar-refractivity contribution is -0.121. The molecule has 1 aromatic carbocycles. The normalized spacial score (nSPS) is 14.9. The van der Waals surface area contributed by atoms with Gasteiger partial charge in [-0.25, -0.2) is 0 Å². The molecule has 4 heteroatoms. The number of amides is 1. The number of ether oxygens (including phenoxy) is 1. The van der Waals surface area contributed by atoms with Gasteiger partial charge in [-0.2, -0.15) is 0 Å². The van der Waals surface area contributed by atoms with E-state index in [0.717, 1.165) is 22.3 Å². The zero-order valence-corrected chi connectivity index (χ0v) is 11.9. The number of nitrogens with zero attached hydrogens (tertiary/aromatic N) is 1. The number of fused-ring (bicyclic) bond motifs is 1. The zero-order chi connectivity index (χ0) is 12.6. The SMILES string of the molecule is CC(C)Cc1cc(Br)c2c(c1)N(C)C(=O)CO2. The van der Waals surface area contributed by atoms with Crippen LogP contribution in [0.3, 0.4) is 0 Å². The minimum Gasteiger partial charge on any atom is -0.480 e. The van der Waals surface area contributed by atoms with Crippen LogP contribution in [0.4, 0.5) is 5.69 Å². The molecule has 17 heavy (non-hydrogen) atoms. The highest BCUT2D eigenvalue weighted by atomic mass is 79.9. The molecule has 0 aliphatic carbocycles. The molecule has 0 spiro atoms. The van der Waals surface area contributed by atoms with Crippen LogP contribution in [0.5, 0.6) is 5.75 Å². The molecular weight excluding hydrogens is 282 g/mol. The average Bonchev–Trinajstić information content (AvgIpc) is 2.23. The lowest BCUT2D eigenvalue weighted by atomic mass is 10.0. The fraction of sp³-hybridized carbons (Fsp3) is 0.462. The van der Waals surface area contributed by atoms with E-state index in [0.29, 0.717) is 5.92 Å². The smallest absolute Gasteiger partial charge is 0.264 e. The zero-order valence-electron chi connectivity index (χ0n) is 10.3. The minimum absolute atomic E-state index is 0.00824. The summed E-state index contributed by atoms with van der Waals surface area (Å²) in [4.78, 5) is 13.2. The summed E-state index contributed by atoms with van der Waals surface area (Å²) in [7, 11) is 1.79. The van der Waals surface area contributed by atoms with Gasteiger partial charge in [-0.3, -0.25) is 4.79 Å². The molecule has 0 saturated heterocycles. The van der Waals surface area contributed by atoms with Crippen LogP contribution in [0.1, 0.15) is 19.4 Å². The lowest BCUT2D eigenvalue weighted by Crippen LogP contribution is -2.35. The van der Waals surface area contributed by atoms with Crippen molar-refractivity contribution in [3.05, 3.63) is 22.2 Å². The predicted molar refractivity (Wildman–Crippen MR) is 71.6 cm³/mol. The first-order valence-electron chi connectivity index (χ1n) is 5.71. The molecule has 0 atom stereocenters. The Morgan fingerprint density at radius 1 is 1.47 bits per heavy atom. The number of anilines is 1. The molecule has 2 rings (SSSR count). The monoisotopic (exact) mass is 297 g/mol. The van der Waals surface area contributed by atoms with Gasteiger partial charge >= 0.3 is 0 Å². The number of likely N-dealkylation sites (N-methyl/N-ethyl adjacent to an activating group) is 1. The van der Waals surface area contributed by atoms with Crippen LogP contribution in [-0.2, 0) is 11.2 Å². The van der Waals surface area contributed by atoms with Crippen molar-refractivity contribution < 1.29 is 9.53 Å². The standard InChI is InChI=1S/C13H16BrNO2/c1-8(2)4-9-5-10(14)13-11(6-9)15(3)12(16)7-17-13/h5-6,8H,4,7H2,1-3H3. The fourth-order valence-corrected chi connectivity index (χ4v) is 2.59. The van der Waals surface area contributed by atoms with E-state index in [1.165, 1.54) is 5.56 Å². The summed E-state index contributed by atoms with van der Waals surface area (Å²) < 4.78 is 6.38. The second-order valence-electron chi connectivity index (χ2n) is 4.77. The summed E-state index contributed by atoms with van der Waals surface area (Å²) in [5.74, 6) is 1.34. The number of rotatable bonds is 2. The summed E-state index contributed by atoms with van der Waals surface area (Å²) in [6, 6.07) is 4.11. The van der Waals surface area contributed by atoms with Crippen molar-refractivity contribution in [1.82, 2.24) is 0 Å². The number of benzene rings is 1. The largest absolute Gasteiger partial charge is 0.480 e. The minimum atomic E-state index is -0.00824. The third-order valence-electron chi connectivity index (χ3n) is 2.80. The molecule has 1 aromatic rings. The second kappa shape index (κ2) is 4.69. The first-order valence-corrected chi connectivity index (χ1v) is 6.50. The number of halogens is 1. The van der Waals surface area contributed by atoms with Gasteiger partial charge in [-0.1, -0.05) is 13.8 Å². The number of hydrogen-bond acceptors (Lipinski definition) is 2. The highest BCUT2D eigenvalue weighted by Crippen LogP contribution is 2.39. The second-order valence-corrected chi connectivity index (χ2v) is 5.62. The van der Waals surface area contributed by atoms with Gasteiger partial charge < -0.3 is 9.64 Å². The van der Waals surface area contributed by atoms with Gasteiger partial charge in [0.05, 0.1) is 10.2 Å². The average molecular weight is 298 g/mol. The molecule has 1 aliphatic heterocycles. The van der Waals surface area contributed by atoms with E-state index in [4.69, 9.17) is 4.74 Å². The number of carbonyl (C=O) groups excluding carboxylic acids is 1. The van der Waals surface area contributed by atoms with Gasteiger partial charge in [-0.05, 0) is 46.0 Å². The molecule has 0 fully saturated rings. The van der Waals surface area contributed by atoms with Gasteiger partial charge in [0.2, 0.25) is 0 Å². The summed E-state index contributed by atoms with van der Waals surface area (Å²) in [6.07, 6.45) is 0.994. The van der Waals surface area contributed by atoms with Gasteiger partial charge in [-0.15, -0.1) is 0 Å². The van der Waals surface area contributed by atoms with E-state index in [9.17, 15) is 4.79 Å². The third-order valence-corrected chi connectivity index (χ3v) is 3.39. The van der Waals surface area contributed by atoms with Gasteiger partial charge in [0, 0.05) is 7.05 Å². The first-order chi connectivity index (χ1) is 7.99. The van der Waals surface area contributed by atoms with Gasteiger partial charge in [0.1, 0.15) is 0 Å². The van der Waals surface area contributed by atoms with Crippen molar-refractivity contribution in [3.8, 4) is 5.75 Å². The quantitative estimate of drug-likeness (QED) is 0.840. The molecule has 92 valence electrons. The fourth-order valence-electron chi connectivity index (χ4n) is 1.98. The van der Waals surface area contributed by atoms with Crippen LogP contribution in [0.25, 0.3) is 0 Å². The molecule has 0 saturated carbocycles. The molecule has 1 heterocycles. The van der Waals surface area contributed by atoms with E-state index in [1.807, 2.05) is 6.07 Å². The Morgan fingerprint density at radius 3 is 2.82 bits per heavy atom. The molecule has 0 N–H and O–H groups in total. The molecular formula is C13H16BrNO2. The summed E-state index contributed by atoms with van der Waals surface area (Å²) in [5, 5.41) is 0. The van der Waals surface area contributed by atoms with Crippen molar-refractivity contribution in [2.45, 2.75) is 20.3 Å². The van der Waals surface area contributed by atoms with Crippen LogP contribution in [0.15, 0.2) is 16.6 Å². The van der Waals surface area contributed by atoms with Crippen molar-refractivity contribution in [3.63, 3.8) is 0 Å². The highest BCUT2D eigenvalue weighted by Gasteiger charge is 2.24. The molecule has 0 radical (unpaired) electrons. The molecule has 0 bridgehead atoms. The maximum Gasteiger partial charge on any atom is 0.264 e. The van der Waals surface area contributed by atoms with E-state index in [2.05, 4.69) is 35.8 Å². The Morgan fingerprint density at radius 2 is 2.18 bits per heavy atom. The van der Waals surface area contributed by atoms with Crippen LogP contribution in [-0.4, -0.2) is 19.6 Å². The topological polar surface area (TPSA) is 29.5 Å². The van der Waals surface area contributed by atoms with Crippen molar-refractivity contribution in [2.24, 2.45) is 5.92 Å². The first kappa shape index (κ1) is 12.4. The molecule has 1 aliphatic rings. The summed E-state index contributed by atoms with van der Waals surface area (Å²) in [6.45, 7) is 4.48. The Hall–Kier alpha value is -1.03. The highest BCUT2D eigenvalue weighted by molar-refractivity contribution is 9.10. The number of hydrogen-bond donors (Lipinski definition) is 0. The van der Waals surface area contributed by atoms with Crippen molar-refractivity contribution in [2.75, 3.05) is 18.6 Å². The summed E-state index contributed by atoms with van der Waals surface area (Å²) in [5.41, 5.74) is 2.07. The summed E-state index contributed by atoms with van der Waals surface area (Å²) >= 11 is 3.51. The van der Waals surface area contributed by atoms with Gasteiger partial charge in [0.15, 0.2) is 12.4 Å². The van der Waals surface area contributed by atoms with E-state index >= 15 is 0 Å². The lowest BCUT2D eigenvalue weighted by Gasteiger charge is -2.27. The number of carbonyl (C=O) groups is 1. The predicted octanol–water partition coefficient (Wildman–Crippen LogP) is 3.00. The third kappa shape index (κ3) is 2.46. The molecule has 0 unspecified atom stereocenters. The molecule has 0 aromatic heterocycles. The Balaban J connectivity index is 2.43. The maximum absolute atomic E-state index is 11.6. The van der Waals surface area contributed by atoms with E-state index in [1.54, 1.807) is 11.9 Å². The Labute approximate surface area is 110 Å². The van der Waals surface area contributed by atoms with Crippen molar-refractivity contribution >= 4 is 27.5 Å². The van der Waals surface area contributed by atoms with Crippen LogP contribution in [0.2, 0.25) is 0 Å².